The molecule has 0 unspecified atom stereocenters. The fourth-order valence-corrected chi connectivity index (χ4v) is 9.61. The van der Waals surface area contributed by atoms with Crippen molar-refractivity contribution >= 4 is 67.9 Å². The molecule has 0 radical (unpaired) electrons. The summed E-state index contributed by atoms with van der Waals surface area (Å²) in [6.07, 6.45) is 10.4. The summed E-state index contributed by atoms with van der Waals surface area (Å²) in [6.45, 7) is 17.0. The van der Waals surface area contributed by atoms with Crippen molar-refractivity contribution in [3.8, 4) is 16.8 Å². The number of hydrogen-bond donors (Lipinski definition) is 0. The van der Waals surface area contributed by atoms with Crippen LogP contribution >= 0.6 is 22.6 Å². The number of halogens is 1. The Kier molecular flexibility index (Phi) is 14.1. The number of para-hydroxylation sites is 1. The number of Topliss-reactive ketones (excluding diaryl/α,β-unsaturated/α-hetero) is 1. The Morgan fingerprint density at radius 1 is 0.929 bits per heavy atom. The zero-order valence-corrected chi connectivity index (χ0v) is 38.1. The molecule has 6 rings (SSSR count). The minimum absolute atomic E-state index is 0.0663. The van der Waals surface area contributed by atoms with Gasteiger partial charge in [0.2, 0.25) is 5.78 Å². The Morgan fingerprint density at radius 2 is 1.61 bits per heavy atom. The van der Waals surface area contributed by atoms with Gasteiger partial charge in [-0.05, 0) is 72.5 Å². The molecule has 0 atom stereocenters. The van der Waals surface area contributed by atoms with Crippen LogP contribution in [0.2, 0.25) is 51.4 Å². The second-order valence-corrected chi connectivity index (χ2v) is 29.5. The highest BCUT2D eigenvalue weighted by Gasteiger charge is 2.46. The summed E-state index contributed by atoms with van der Waals surface area (Å²) in [7, 11) is -0.973. The minimum atomic E-state index is -1.31. The number of hydrogen-bond acceptors (Lipinski definition) is 11. The van der Waals surface area contributed by atoms with E-state index in [9.17, 15) is 4.79 Å². The van der Waals surface area contributed by atoms with Crippen LogP contribution in [-0.4, -0.2) is 111 Å². The molecule has 1 aliphatic carbocycles. The zero-order chi connectivity index (χ0) is 39.9. The largest absolute Gasteiger partial charge is 0.382 e. The van der Waals surface area contributed by atoms with Crippen LogP contribution in [0, 0.1) is 3.57 Å². The smallest absolute Gasteiger partial charge is 0.211 e. The highest BCUT2D eigenvalue weighted by atomic mass is 127. The van der Waals surface area contributed by atoms with E-state index in [-0.39, 0.29) is 11.7 Å². The van der Waals surface area contributed by atoms with Crippen molar-refractivity contribution in [2.24, 2.45) is 10.2 Å². The molecule has 4 aromatic rings. The number of ketones is 1. The summed E-state index contributed by atoms with van der Waals surface area (Å²) in [5.74, 6) is 0.876. The molecule has 0 saturated heterocycles. The predicted octanol–water partition coefficient (Wildman–Crippen LogP) is 8.08. The highest BCUT2D eigenvalue weighted by molar-refractivity contribution is 14.1. The van der Waals surface area contributed by atoms with Crippen molar-refractivity contribution < 1.29 is 23.7 Å². The van der Waals surface area contributed by atoms with Crippen LogP contribution < -0.4 is 4.90 Å². The number of rotatable bonds is 20. The molecule has 1 aliphatic heterocycles. The summed E-state index contributed by atoms with van der Waals surface area (Å²) in [4.78, 5) is 21.5. The fourth-order valence-electron chi connectivity index (χ4n) is 6.97. The molecule has 13 nitrogen and oxygen atoms in total. The molecule has 0 bridgehead atoms. The maximum absolute atomic E-state index is 13.9. The van der Waals surface area contributed by atoms with Gasteiger partial charge in [0.1, 0.15) is 24.8 Å². The molecule has 0 amide bonds. The second kappa shape index (κ2) is 18.6. The van der Waals surface area contributed by atoms with Gasteiger partial charge in [-0.3, -0.25) is 4.79 Å². The lowest BCUT2D eigenvalue weighted by atomic mass is 9.74. The summed E-state index contributed by atoms with van der Waals surface area (Å²) < 4.78 is 29.4. The van der Waals surface area contributed by atoms with Crippen molar-refractivity contribution in [3.63, 3.8) is 0 Å². The van der Waals surface area contributed by atoms with Crippen LogP contribution in [0.3, 0.4) is 0 Å². The van der Waals surface area contributed by atoms with Crippen LogP contribution in [0.5, 0.6) is 0 Å². The van der Waals surface area contributed by atoms with E-state index in [1.807, 2.05) is 58.1 Å². The van der Waals surface area contributed by atoms with Crippen LogP contribution in [0.1, 0.15) is 43.7 Å². The SMILES string of the molecule is COCCOC1(C(=O)C2=NN=CC2)CCC(c2nc3c(-c4cnn(-c5ccccc5)c4)cnn3c(N(COCC[Si](C)(C)C)COCC[Si](C)(C)C)c2I)CC1. The zero-order valence-electron chi connectivity index (χ0n) is 34.0. The third-order valence-corrected chi connectivity index (χ3v) is 14.8. The maximum Gasteiger partial charge on any atom is 0.211 e. The quantitative estimate of drug-likeness (QED) is 0.0374. The number of carbonyl (C=O) groups is 1. The van der Waals surface area contributed by atoms with Crippen molar-refractivity contribution in [2.75, 3.05) is 51.9 Å². The Balaban J connectivity index is 1.39. The molecule has 16 heteroatoms. The highest BCUT2D eigenvalue weighted by Crippen LogP contribution is 2.44. The molecule has 4 heterocycles. The van der Waals surface area contributed by atoms with E-state index in [2.05, 4.69) is 77.0 Å². The lowest BCUT2D eigenvalue weighted by Crippen LogP contribution is -2.48. The number of aromatic nitrogens is 5. The van der Waals surface area contributed by atoms with Crippen LogP contribution in [0.25, 0.3) is 22.5 Å². The Morgan fingerprint density at radius 3 is 2.21 bits per heavy atom. The minimum Gasteiger partial charge on any atom is -0.382 e. The molecule has 0 spiro atoms. The van der Waals surface area contributed by atoms with Gasteiger partial charge in [0.15, 0.2) is 11.5 Å². The first kappa shape index (κ1) is 42.5. The van der Waals surface area contributed by atoms with E-state index in [0.717, 1.165) is 49.6 Å². The summed E-state index contributed by atoms with van der Waals surface area (Å²) in [5.41, 5.74) is 3.95. The van der Waals surface area contributed by atoms with Gasteiger partial charge in [-0.15, -0.1) is 0 Å². The number of methoxy groups -OCH3 is 1. The average molecular weight is 913 g/mol. The van der Waals surface area contributed by atoms with Crippen molar-refractivity contribution in [1.29, 1.82) is 0 Å². The van der Waals surface area contributed by atoms with Crippen LogP contribution in [0.15, 0.2) is 59.1 Å². The number of ether oxygens (including phenoxy) is 4. The van der Waals surface area contributed by atoms with E-state index in [1.165, 1.54) is 0 Å². The predicted molar refractivity (Wildman–Crippen MR) is 236 cm³/mol. The van der Waals surface area contributed by atoms with Crippen LogP contribution in [0.4, 0.5) is 5.82 Å². The van der Waals surface area contributed by atoms with Gasteiger partial charge in [-0.25, -0.2) is 9.67 Å². The normalized spacial score (nSPS) is 18.9. The van der Waals surface area contributed by atoms with E-state index in [1.54, 1.807) is 13.3 Å². The first-order chi connectivity index (χ1) is 26.8. The summed E-state index contributed by atoms with van der Waals surface area (Å²) >= 11 is 2.44. The molecule has 1 saturated carbocycles. The topological polar surface area (TPSA) is 130 Å². The number of fused-ring (bicyclic) bond motifs is 1. The maximum atomic E-state index is 13.9. The van der Waals surface area contributed by atoms with E-state index >= 15 is 0 Å². The Labute approximate surface area is 346 Å². The number of benzene rings is 1. The second-order valence-electron chi connectivity index (χ2n) is 17.2. The Bertz CT molecular complexity index is 1980. The number of anilines is 1. The van der Waals surface area contributed by atoms with Gasteiger partial charge in [0.25, 0.3) is 0 Å². The third kappa shape index (κ3) is 10.5. The van der Waals surface area contributed by atoms with Crippen molar-refractivity contribution in [3.05, 3.63) is 58.2 Å². The van der Waals surface area contributed by atoms with Crippen molar-refractivity contribution in [2.45, 2.75) is 95.0 Å². The molecule has 1 aromatic carbocycles. The third-order valence-electron chi connectivity index (χ3n) is 10.4. The van der Waals surface area contributed by atoms with E-state index in [4.69, 9.17) is 34.1 Å². The molecule has 56 heavy (non-hydrogen) atoms. The lowest BCUT2D eigenvalue weighted by molar-refractivity contribution is -0.145. The molecule has 2 aliphatic rings. The standard InChI is InChI=1S/C40H57IN8O5Si2/c1-51-19-20-54-40(37(50)34-15-18-42-46-34)16-13-30(14-17-40)36-35(41)39(47(28-52-21-23-55(2,3)4)29-53-22-24-56(5,6)7)49-38(45-36)33(26-44-49)31-25-43-48(27-31)32-11-9-8-10-12-32/h8-12,18,25-27,30H,13-17,19-24,28-29H2,1-7H3. The molecule has 302 valence electrons. The first-order valence-electron chi connectivity index (χ1n) is 19.6. The van der Waals surface area contributed by atoms with Gasteiger partial charge in [0, 0.05) is 72.3 Å². The van der Waals surface area contributed by atoms with Crippen LogP contribution in [-0.2, 0) is 23.7 Å². The summed E-state index contributed by atoms with van der Waals surface area (Å²) in [5, 5.41) is 17.8. The fraction of sp³-hybridized carbons (Fsp3) is 0.550. The van der Waals surface area contributed by atoms with Crippen molar-refractivity contribution in [1.82, 2.24) is 24.4 Å². The van der Waals surface area contributed by atoms with E-state index in [0.29, 0.717) is 77.7 Å². The van der Waals surface area contributed by atoms with Gasteiger partial charge in [-0.2, -0.15) is 24.9 Å². The molecular formula is C40H57IN8O5Si2. The average Bonchev–Trinajstić information content (AvgIpc) is 3.96. The molecule has 3 aromatic heterocycles. The molecular weight excluding hydrogens is 856 g/mol. The number of nitrogens with zero attached hydrogens (tertiary/aromatic N) is 8. The van der Waals surface area contributed by atoms with Gasteiger partial charge >= 0.3 is 0 Å². The lowest BCUT2D eigenvalue weighted by Gasteiger charge is -2.39. The summed E-state index contributed by atoms with van der Waals surface area (Å²) in [6, 6.07) is 12.2. The number of carbonyl (C=O) groups excluding carboxylic acids is 1. The Hall–Kier alpha value is -3.14. The van der Waals surface area contributed by atoms with Gasteiger partial charge < -0.3 is 23.8 Å². The van der Waals surface area contributed by atoms with Gasteiger partial charge in [-0.1, -0.05) is 57.5 Å². The molecule has 1 fully saturated rings. The monoisotopic (exact) mass is 912 g/mol. The van der Waals surface area contributed by atoms with E-state index < -0.39 is 21.7 Å². The van der Waals surface area contributed by atoms with Gasteiger partial charge in [0.05, 0.1) is 40.6 Å². The molecule has 0 N–H and O–H groups in total. The first-order valence-corrected chi connectivity index (χ1v) is 28.1.